The molecule has 0 aromatic rings. The van der Waals surface area contributed by atoms with Crippen molar-refractivity contribution in [1.29, 1.82) is 0 Å². The molecule has 1 fully saturated rings. The smallest absolute Gasteiger partial charge is 0.0471 e. The summed E-state index contributed by atoms with van der Waals surface area (Å²) in [7, 11) is 0. The van der Waals surface area contributed by atoms with Gasteiger partial charge in [0, 0.05) is 19.7 Å². The largest absolute Gasteiger partial charge is 0.396 e. The molecular weight excluding hydrogens is 138 g/mol. The first kappa shape index (κ1) is 8.75. The number of nitrogens with zero attached hydrogens (tertiary/aromatic N) is 1. The highest BCUT2D eigenvalue weighted by Gasteiger charge is 2.20. The van der Waals surface area contributed by atoms with E-state index in [1.54, 1.807) is 0 Å². The molecule has 2 nitrogen and oxygen atoms in total. The number of hydrogen-bond acceptors (Lipinski definition) is 2. The summed E-state index contributed by atoms with van der Waals surface area (Å²) in [6, 6.07) is 0. The zero-order valence-electron chi connectivity index (χ0n) is 7.21. The van der Waals surface area contributed by atoms with Gasteiger partial charge in [-0.15, -0.1) is 0 Å². The van der Waals surface area contributed by atoms with Crippen molar-refractivity contribution in [3.8, 4) is 0 Å². The minimum atomic E-state index is 0.340. The zero-order chi connectivity index (χ0) is 8.27. The van der Waals surface area contributed by atoms with Gasteiger partial charge in [-0.3, -0.25) is 4.90 Å². The van der Waals surface area contributed by atoms with Crippen molar-refractivity contribution >= 4 is 0 Å². The van der Waals surface area contributed by atoms with Crippen molar-refractivity contribution in [3.63, 3.8) is 0 Å². The molecule has 0 aliphatic carbocycles. The number of aliphatic hydroxyl groups is 1. The molecule has 1 saturated heterocycles. The van der Waals surface area contributed by atoms with E-state index in [2.05, 4.69) is 11.5 Å². The lowest BCUT2D eigenvalue weighted by Crippen LogP contribution is -2.23. The molecule has 0 aromatic heterocycles. The molecule has 64 valence electrons. The molecular formula is C9H17NO. The Kier molecular flexibility index (Phi) is 3.09. The Hall–Kier alpha value is -0.340. The van der Waals surface area contributed by atoms with Gasteiger partial charge in [0.2, 0.25) is 0 Å². The fourth-order valence-corrected chi connectivity index (χ4v) is 1.59. The van der Waals surface area contributed by atoms with Crippen molar-refractivity contribution in [3.05, 3.63) is 12.2 Å². The van der Waals surface area contributed by atoms with Gasteiger partial charge in [-0.05, 0) is 25.8 Å². The van der Waals surface area contributed by atoms with Crippen LogP contribution >= 0.6 is 0 Å². The quantitative estimate of drug-likeness (QED) is 0.611. The average Bonchev–Trinajstić information content (AvgIpc) is 2.34. The van der Waals surface area contributed by atoms with E-state index in [4.69, 9.17) is 5.11 Å². The third kappa shape index (κ3) is 2.64. The predicted molar refractivity (Wildman–Crippen MR) is 46.4 cm³/mol. The summed E-state index contributed by atoms with van der Waals surface area (Å²) in [5.74, 6) is 0.509. The van der Waals surface area contributed by atoms with E-state index in [9.17, 15) is 0 Å². The number of rotatable bonds is 3. The predicted octanol–water partition coefficient (Wildman–Crippen LogP) is 0.877. The summed E-state index contributed by atoms with van der Waals surface area (Å²) >= 11 is 0. The summed E-state index contributed by atoms with van der Waals surface area (Å²) in [6.45, 7) is 9.42. The highest BCUT2D eigenvalue weighted by Crippen LogP contribution is 2.15. The lowest BCUT2D eigenvalue weighted by molar-refractivity contribution is 0.224. The van der Waals surface area contributed by atoms with Crippen molar-refractivity contribution in [2.75, 3.05) is 26.2 Å². The highest BCUT2D eigenvalue weighted by atomic mass is 16.3. The van der Waals surface area contributed by atoms with Gasteiger partial charge in [0.15, 0.2) is 0 Å². The van der Waals surface area contributed by atoms with E-state index in [1.165, 1.54) is 5.57 Å². The van der Waals surface area contributed by atoms with Gasteiger partial charge >= 0.3 is 0 Å². The van der Waals surface area contributed by atoms with Gasteiger partial charge < -0.3 is 5.11 Å². The molecule has 0 amide bonds. The number of likely N-dealkylation sites (tertiary alicyclic amines) is 1. The number of hydrogen-bond donors (Lipinski definition) is 1. The van der Waals surface area contributed by atoms with Crippen LogP contribution in [-0.4, -0.2) is 36.2 Å². The van der Waals surface area contributed by atoms with E-state index in [1.807, 2.05) is 6.92 Å². The maximum atomic E-state index is 8.87. The fourth-order valence-electron chi connectivity index (χ4n) is 1.59. The maximum Gasteiger partial charge on any atom is 0.0471 e. The lowest BCUT2D eigenvalue weighted by Gasteiger charge is -2.14. The Labute approximate surface area is 68.5 Å². The Bertz CT molecular complexity index is 144. The van der Waals surface area contributed by atoms with Crippen LogP contribution in [0.15, 0.2) is 12.2 Å². The molecule has 0 aromatic carbocycles. The summed E-state index contributed by atoms with van der Waals surface area (Å²) in [4.78, 5) is 2.35. The van der Waals surface area contributed by atoms with Gasteiger partial charge in [0.1, 0.15) is 0 Å². The minimum absolute atomic E-state index is 0.340. The minimum Gasteiger partial charge on any atom is -0.396 e. The molecule has 1 atom stereocenters. The summed E-state index contributed by atoms with van der Waals surface area (Å²) < 4.78 is 0. The molecule has 0 saturated carbocycles. The van der Waals surface area contributed by atoms with Crippen LogP contribution in [0.1, 0.15) is 13.3 Å². The van der Waals surface area contributed by atoms with E-state index in [0.717, 1.165) is 26.1 Å². The van der Waals surface area contributed by atoms with Gasteiger partial charge in [0.25, 0.3) is 0 Å². The van der Waals surface area contributed by atoms with Crippen LogP contribution in [0.2, 0.25) is 0 Å². The van der Waals surface area contributed by atoms with Gasteiger partial charge in [-0.25, -0.2) is 0 Å². The zero-order valence-corrected chi connectivity index (χ0v) is 7.21. The first-order chi connectivity index (χ1) is 5.22. The third-order valence-electron chi connectivity index (χ3n) is 2.12. The topological polar surface area (TPSA) is 23.5 Å². The van der Waals surface area contributed by atoms with Crippen LogP contribution in [0, 0.1) is 5.92 Å². The molecule has 1 heterocycles. The van der Waals surface area contributed by atoms with Crippen LogP contribution in [-0.2, 0) is 0 Å². The Morgan fingerprint density at radius 3 is 2.91 bits per heavy atom. The molecule has 1 N–H and O–H groups in total. The third-order valence-corrected chi connectivity index (χ3v) is 2.12. The van der Waals surface area contributed by atoms with Gasteiger partial charge in [-0.1, -0.05) is 12.2 Å². The normalized spacial score (nSPS) is 25.8. The fraction of sp³-hybridized carbons (Fsp3) is 0.778. The lowest BCUT2D eigenvalue weighted by atomic mass is 10.1. The van der Waals surface area contributed by atoms with E-state index in [-0.39, 0.29) is 0 Å². The molecule has 1 unspecified atom stereocenters. The molecule has 1 aliphatic rings. The summed E-state index contributed by atoms with van der Waals surface area (Å²) in [5, 5.41) is 8.87. The van der Waals surface area contributed by atoms with Crippen molar-refractivity contribution in [2.24, 2.45) is 5.92 Å². The standard InChI is InChI=1S/C9H17NO/c1-8(2)5-10-4-3-9(6-10)7-11/h9,11H,1,3-7H2,2H3. The van der Waals surface area contributed by atoms with Crippen LogP contribution in [0.3, 0.4) is 0 Å². The number of aliphatic hydroxyl groups excluding tert-OH is 1. The molecule has 1 aliphatic heterocycles. The molecule has 0 radical (unpaired) electrons. The van der Waals surface area contributed by atoms with Crippen LogP contribution < -0.4 is 0 Å². The molecule has 1 rings (SSSR count). The SMILES string of the molecule is C=C(C)CN1CCC(CO)C1. The van der Waals surface area contributed by atoms with Crippen LogP contribution in [0.5, 0.6) is 0 Å². The Balaban J connectivity index is 2.24. The highest BCUT2D eigenvalue weighted by molar-refractivity contribution is 4.93. The van der Waals surface area contributed by atoms with E-state index in [0.29, 0.717) is 12.5 Å². The summed E-state index contributed by atoms with van der Waals surface area (Å²) in [6.07, 6.45) is 1.14. The second-order valence-electron chi connectivity index (χ2n) is 3.53. The second-order valence-corrected chi connectivity index (χ2v) is 3.53. The van der Waals surface area contributed by atoms with Crippen LogP contribution in [0.25, 0.3) is 0 Å². The molecule has 2 heteroatoms. The molecule has 0 bridgehead atoms. The monoisotopic (exact) mass is 155 g/mol. The second kappa shape index (κ2) is 3.88. The van der Waals surface area contributed by atoms with E-state index < -0.39 is 0 Å². The summed E-state index contributed by atoms with van der Waals surface area (Å²) in [5.41, 5.74) is 1.21. The van der Waals surface area contributed by atoms with Gasteiger partial charge in [-0.2, -0.15) is 0 Å². The Morgan fingerprint density at radius 1 is 1.73 bits per heavy atom. The van der Waals surface area contributed by atoms with Crippen molar-refractivity contribution in [2.45, 2.75) is 13.3 Å². The first-order valence-electron chi connectivity index (χ1n) is 4.20. The van der Waals surface area contributed by atoms with Crippen LogP contribution in [0.4, 0.5) is 0 Å². The van der Waals surface area contributed by atoms with Crippen molar-refractivity contribution in [1.82, 2.24) is 4.90 Å². The molecule has 11 heavy (non-hydrogen) atoms. The first-order valence-corrected chi connectivity index (χ1v) is 4.20. The molecule has 0 spiro atoms. The van der Waals surface area contributed by atoms with Gasteiger partial charge in [0.05, 0.1) is 0 Å². The average molecular weight is 155 g/mol. The van der Waals surface area contributed by atoms with Crippen molar-refractivity contribution < 1.29 is 5.11 Å². The maximum absolute atomic E-state index is 8.87. The Morgan fingerprint density at radius 2 is 2.45 bits per heavy atom. The van der Waals surface area contributed by atoms with E-state index >= 15 is 0 Å².